The van der Waals surface area contributed by atoms with Gasteiger partial charge in [0.05, 0.1) is 24.3 Å². The Morgan fingerprint density at radius 3 is 2.35 bits per heavy atom. The fourth-order valence-corrected chi connectivity index (χ4v) is 3.53. The van der Waals surface area contributed by atoms with E-state index in [0.29, 0.717) is 35.0 Å². The van der Waals surface area contributed by atoms with Crippen LogP contribution in [0, 0.1) is 0 Å². The number of nitrogens with one attached hydrogen (secondary N) is 2. The summed E-state index contributed by atoms with van der Waals surface area (Å²) in [6.07, 6.45) is 1.03. The van der Waals surface area contributed by atoms with Crippen LogP contribution in [-0.2, 0) is 19.6 Å². The lowest BCUT2D eigenvalue weighted by Crippen LogP contribution is -2.39. The quantitative estimate of drug-likeness (QED) is 0.453. The average molecular weight is 447 g/mol. The molecule has 2 rings (SSSR count). The van der Waals surface area contributed by atoms with Crippen LogP contribution in [0.15, 0.2) is 53.6 Å². The maximum absolute atomic E-state index is 12.4. The number of benzene rings is 2. The Balaban J connectivity index is 2.11. The van der Waals surface area contributed by atoms with Crippen molar-refractivity contribution in [2.75, 3.05) is 29.0 Å². The van der Waals surface area contributed by atoms with E-state index in [4.69, 9.17) is 4.74 Å². The van der Waals surface area contributed by atoms with E-state index < -0.39 is 22.5 Å². The van der Waals surface area contributed by atoms with Gasteiger partial charge in [0, 0.05) is 12.6 Å². The maximum atomic E-state index is 12.4. The molecule has 166 valence electrons. The lowest BCUT2D eigenvalue weighted by Gasteiger charge is -2.21. The molecular formula is C21H26N4O5S. The zero-order valence-electron chi connectivity index (χ0n) is 17.9. The van der Waals surface area contributed by atoms with Crippen molar-refractivity contribution >= 4 is 38.9 Å². The van der Waals surface area contributed by atoms with Gasteiger partial charge < -0.3 is 10.1 Å². The summed E-state index contributed by atoms with van der Waals surface area (Å²) >= 11 is 0. The van der Waals surface area contributed by atoms with Crippen molar-refractivity contribution in [3.63, 3.8) is 0 Å². The predicted octanol–water partition coefficient (Wildman–Crippen LogP) is 2.35. The Morgan fingerprint density at radius 2 is 1.77 bits per heavy atom. The molecule has 31 heavy (non-hydrogen) atoms. The molecule has 2 N–H and O–H groups in total. The van der Waals surface area contributed by atoms with Gasteiger partial charge >= 0.3 is 0 Å². The summed E-state index contributed by atoms with van der Waals surface area (Å²) in [5.41, 5.74) is 4.50. The number of hydrogen-bond donors (Lipinski definition) is 2. The highest BCUT2D eigenvalue weighted by Gasteiger charge is 2.21. The van der Waals surface area contributed by atoms with Crippen LogP contribution in [0.5, 0.6) is 5.75 Å². The van der Waals surface area contributed by atoms with Crippen LogP contribution in [0.4, 0.5) is 11.4 Å². The van der Waals surface area contributed by atoms with E-state index in [1.807, 2.05) is 6.92 Å². The lowest BCUT2D eigenvalue weighted by molar-refractivity contribution is -0.119. The number of hydrogen-bond acceptors (Lipinski definition) is 6. The Kier molecular flexibility index (Phi) is 8.14. The van der Waals surface area contributed by atoms with E-state index in [1.54, 1.807) is 55.5 Å². The molecule has 0 aliphatic carbocycles. The third kappa shape index (κ3) is 7.41. The van der Waals surface area contributed by atoms with Gasteiger partial charge in [0.15, 0.2) is 0 Å². The summed E-state index contributed by atoms with van der Waals surface area (Å²) < 4.78 is 30.8. The third-order valence-corrected chi connectivity index (χ3v) is 5.21. The number of carbonyl (C=O) groups is 2. The van der Waals surface area contributed by atoms with Gasteiger partial charge in [0.25, 0.3) is 5.91 Å². The molecule has 2 aromatic rings. The molecule has 0 spiro atoms. The molecule has 0 radical (unpaired) electrons. The van der Waals surface area contributed by atoms with E-state index in [-0.39, 0.29) is 5.91 Å². The summed E-state index contributed by atoms with van der Waals surface area (Å²) in [5, 5.41) is 6.72. The predicted molar refractivity (Wildman–Crippen MR) is 121 cm³/mol. The molecule has 0 heterocycles. The number of rotatable bonds is 9. The van der Waals surface area contributed by atoms with E-state index in [0.717, 1.165) is 10.6 Å². The number of sulfonamides is 1. The SMILES string of the molecule is CCOc1ccc(N(CC(=O)N/N=C(/C)c2cccc(NC(C)=O)c2)S(C)(=O)=O)cc1. The first-order chi connectivity index (χ1) is 14.6. The van der Waals surface area contributed by atoms with Crippen LogP contribution < -0.4 is 19.8 Å². The molecule has 2 aromatic carbocycles. The van der Waals surface area contributed by atoms with Crippen LogP contribution in [0.25, 0.3) is 0 Å². The first kappa shape index (κ1) is 23.9. The Hall–Kier alpha value is -3.40. The minimum Gasteiger partial charge on any atom is -0.494 e. The highest BCUT2D eigenvalue weighted by molar-refractivity contribution is 7.92. The van der Waals surface area contributed by atoms with E-state index in [2.05, 4.69) is 15.8 Å². The van der Waals surface area contributed by atoms with Crippen molar-refractivity contribution in [1.29, 1.82) is 0 Å². The van der Waals surface area contributed by atoms with Crippen molar-refractivity contribution < 1.29 is 22.7 Å². The summed E-state index contributed by atoms with van der Waals surface area (Å²) in [6.45, 7) is 5.00. The monoisotopic (exact) mass is 446 g/mol. The highest BCUT2D eigenvalue weighted by Crippen LogP contribution is 2.21. The maximum Gasteiger partial charge on any atom is 0.260 e. The first-order valence-electron chi connectivity index (χ1n) is 9.52. The second-order valence-electron chi connectivity index (χ2n) is 6.69. The fourth-order valence-electron chi connectivity index (χ4n) is 2.68. The molecule has 0 saturated carbocycles. The van der Waals surface area contributed by atoms with E-state index in [1.165, 1.54) is 6.92 Å². The van der Waals surface area contributed by atoms with Crippen molar-refractivity contribution in [3.8, 4) is 5.75 Å². The highest BCUT2D eigenvalue weighted by atomic mass is 32.2. The number of anilines is 2. The summed E-state index contributed by atoms with van der Waals surface area (Å²) in [7, 11) is -3.70. The minimum atomic E-state index is -3.70. The van der Waals surface area contributed by atoms with Gasteiger partial charge in [-0.1, -0.05) is 12.1 Å². The van der Waals surface area contributed by atoms with Crippen molar-refractivity contribution in [3.05, 3.63) is 54.1 Å². The number of hydrazone groups is 1. The molecule has 0 saturated heterocycles. The van der Waals surface area contributed by atoms with Crippen molar-refractivity contribution in [1.82, 2.24) is 5.43 Å². The van der Waals surface area contributed by atoms with Gasteiger partial charge in [0.2, 0.25) is 15.9 Å². The smallest absolute Gasteiger partial charge is 0.260 e. The zero-order chi connectivity index (χ0) is 23.0. The zero-order valence-corrected chi connectivity index (χ0v) is 18.7. The van der Waals surface area contributed by atoms with Crippen molar-refractivity contribution in [2.45, 2.75) is 20.8 Å². The van der Waals surface area contributed by atoms with Gasteiger partial charge in [0.1, 0.15) is 12.3 Å². The number of nitrogens with zero attached hydrogens (tertiary/aromatic N) is 2. The molecule has 2 amide bonds. The second kappa shape index (κ2) is 10.6. The largest absolute Gasteiger partial charge is 0.494 e. The van der Waals surface area contributed by atoms with Gasteiger partial charge in [-0.3, -0.25) is 13.9 Å². The Bertz CT molecular complexity index is 1070. The molecule has 0 aliphatic heterocycles. The summed E-state index contributed by atoms with van der Waals surface area (Å²) in [6, 6.07) is 13.4. The van der Waals surface area contributed by atoms with Crippen LogP contribution in [-0.4, -0.2) is 45.4 Å². The average Bonchev–Trinajstić information content (AvgIpc) is 2.70. The molecule has 0 bridgehead atoms. The van der Waals surface area contributed by atoms with Crippen LogP contribution in [0.1, 0.15) is 26.3 Å². The second-order valence-corrected chi connectivity index (χ2v) is 8.60. The van der Waals surface area contributed by atoms with E-state index >= 15 is 0 Å². The number of amides is 2. The van der Waals surface area contributed by atoms with Gasteiger partial charge in [-0.15, -0.1) is 0 Å². The van der Waals surface area contributed by atoms with Gasteiger partial charge in [-0.05, 0) is 55.8 Å². The molecule has 0 atom stereocenters. The first-order valence-corrected chi connectivity index (χ1v) is 11.4. The van der Waals surface area contributed by atoms with Crippen LogP contribution in [0.3, 0.4) is 0 Å². The molecule has 0 aliphatic rings. The molecule has 0 aromatic heterocycles. The van der Waals surface area contributed by atoms with E-state index in [9.17, 15) is 18.0 Å². The fraction of sp³-hybridized carbons (Fsp3) is 0.286. The Morgan fingerprint density at radius 1 is 1.10 bits per heavy atom. The van der Waals surface area contributed by atoms with Crippen LogP contribution in [0.2, 0.25) is 0 Å². The molecule has 9 nitrogen and oxygen atoms in total. The molecular weight excluding hydrogens is 420 g/mol. The van der Waals surface area contributed by atoms with Gasteiger partial charge in [-0.2, -0.15) is 5.10 Å². The lowest BCUT2D eigenvalue weighted by atomic mass is 10.1. The summed E-state index contributed by atoms with van der Waals surface area (Å²) in [5.74, 6) is -0.197. The standard InChI is InChI=1S/C21H26N4O5S/c1-5-30-20-11-9-19(10-12-20)25(31(4,28)29)14-21(27)24-23-15(2)17-7-6-8-18(13-17)22-16(3)26/h6-13H,5,14H2,1-4H3,(H,22,26)(H,24,27)/b23-15-. The minimum absolute atomic E-state index is 0.199. The normalized spacial score (nSPS) is 11.5. The Labute approximate surface area is 182 Å². The van der Waals surface area contributed by atoms with Crippen molar-refractivity contribution in [2.24, 2.45) is 5.10 Å². The topological polar surface area (TPSA) is 117 Å². The number of carbonyl (C=O) groups excluding carboxylic acids is 2. The molecule has 10 heteroatoms. The molecule has 0 fully saturated rings. The van der Waals surface area contributed by atoms with Gasteiger partial charge in [-0.25, -0.2) is 13.8 Å². The molecule has 0 unspecified atom stereocenters. The van der Waals surface area contributed by atoms with Crippen LogP contribution >= 0.6 is 0 Å². The number of ether oxygens (including phenoxy) is 1. The third-order valence-electron chi connectivity index (χ3n) is 4.07. The summed E-state index contributed by atoms with van der Waals surface area (Å²) in [4.78, 5) is 23.6.